The zero-order valence-electron chi connectivity index (χ0n) is 14.4. The molecule has 1 aromatic carbocycles. The number of furan rings is 1. The first-order chi connectivity index (χ1) is 12.6. The van der Waals surface area contributed by atoms with Gasteiger partial charge in [0.1, 0.15) is 6.04 Å². The number of hydrogen-bond donors (Lipinski definition) is 1. The molecule has 26 heavy (non-hydrogen) atoms. The molecule has 1 fully saturated rings. The third-order valence-electron chi connectivity index (χ3n) is 4.21. The van der Waals surface area contributed by atoms with Crippen molar-refractivity contribution in [3.63, 3.8) is 0 Å². The second kappa shape index (κ2) is 7.86. The van der Waals surface area contributed by atoms with Gasteiger partial charge in [-0.1, -0.05) is 0 Å². The van der Waals surface area contributed by atoms with Crippen LogP contribution in [0.3, 0.4) is 0 Å². The van der Waals surface area contributed by atoms with Gasteiger partial charge in [0, 0.05) is 12.2 Å². The maximum atomic E-state index is 12.6. The number of likely N-dealkylation sites (tertiary alicyclic amines) is 1. The molecule has 2 aromatic rings. The fourth-order valence-electron chi connectivity index (χ4n) is 2.95. The smallest absolute Gasteiger partial charge is 0.338 e. The Kier molecular flexibility index (Phi) is 5.36. The van der Waals surface area contributed by atoms with Gasteiger partial charge < -0.3 is 19.4 Å². The molecule has 1 aliphatic heterocycles. The maximum absolute atomic E-state index is 12.6. The van der Waals surface area contributed by atoms with Gasteiger partial charge in [-0.25, -0.2) is 4.79 Å². The summed E-state index contributed by atoms with van der Waals surface area (Å²) >= 11 is 0. The summed E-state index contributed by atoms with van der Waals surface area (Å²) in [5.74, 6) is -0.725. The molecule has 1 aromatic heterocycles. The van der Waals surface area contributed by atoms with Crippen molar-refractivity contribution in [2.75, 3.05) is 18.5 Å². The van der Waals surface area contributed by atoms with E-state index in [2.05, 4.69) is 5.32 Å². The lowest BCUT2D eigenvalue weighted by atomic mass is 10.1. The fourth-order valence-corrected chi connectivity index (χ4v) is 2.95. The van der Waals surface area contributed by atoms with Crippen molar-refractivity contribution < 1.29 is 23.5 Å². The zero-order chi connectivity index (χ0) is 18.5. The molecule has 0 spiro atoms. The third-order valence-corrected chi connectivity index (χ3v) is 4.21. The molecule has 1 atom stereocenters. The highest BCUT2D eigenvalue weighted by Crippen LogP contribution is 2.22. The number of rotatable bonds is 5. The molecule has 0 aliphatic carbocycles. The Morgan fingerprint density at radius 2 is 2.00 bits per heavy atom. The average molecular weight is 356 g/mol. The van der Waals surface area contributed by atoms with Crippen molar-refractivity contribution in [2.24, 2.45) is 0 Å². The Bertz CT molecular complexity index is 783. The number of nitrogens with one attached hydrogen (secondary N) is 1. The van der Waals surface area contributed by atoms with Crippen LogP contribution in [-0.2, 0) is 9.53 Å². The van der Waals surface area contributed by atoms with Crippen molar-refractivity contribution in [1.29, 1.82) is 0 Å². The molecule has 0 saturated carbocycles. The number of anilines is 1. The topological polar surface area (TPSA) is 88.9 Å². The zero-order valence-corrected chi connectivity index (χ0v) is 14.4. The van der Waals surface area contributed by atoms with Crippen LogP contribution in [0, 0.1) is 0 Å². The normalized spacial score (nSPS) is 16.3. The largest absolute Gasteiger partial charge is 0.462 e. The molecule has 3 rings (SSSR count). The summed E-state index contributed by atoms with van der Waals surface area (Å²) in [6.45, 7) is 2.56. The first kappa shape index (κ1) is 17.7. The van der Waals surface area contributed by atoms with E-state index in [0.717, 1.165) is 6.42 Å². The summed E-state index contributed by atoms with van der Waals surface area (Å²) in [4.78, 5) is 38.2. The second-order valence-corrected chi connectivity index (χ2v) is 5.92. The Labute approximate surface area is 150 Å². The molecule has 2 heterocycles. The summed E-state index contributed by atoms with van der Waals surface area (Å²) < 4.78 is 10.1. The predicted molar refractivity (Wildman–Crippen MR) is 93.8 cm³/mol. The van der Waals surface area contributed by atoms with Gasteiger partial charge in [0.05, 0.1) is 18.4 Å². The minimum atomic E-state index is -0.544. The van der Waals surface area contributed by atoms with Crippen LogP contribution in [0.15, 0.2) is 47.1 Å². The van der Waals surface area contributed by atoms with Crippen molar-refractivity contribution in [1.82, 2.24) is 4.90 Å². The van der Waals surface area contributed by atoms with Gasteiger partial charge in [-0.2, -0.15) is 0 Å². The SMILES string of the molecule is CCOC(=O)c1ccc(NC(=O)C2CCCN2C(=O)c2ccco2)cc1. The van der Waals surface area contributed by atoms with Gasteiger partial charge in [0.2, 0.25) is 5.91 Å². The van der Waals surface area contributed by atoms with Crippen LogP contribution >= 0.6 is 0 Å². The standard InChI is InChI=1S/C19H20N2O5/c1-2-25-19(24)13-7-9-14(10-8-13)20-17(22)15-5-3-11-21(15)18(23)16-6-4-12-26-16/h4,6-10,12,15H,2-3,5,11H2,1H3,(H,20,22). The van der Waals surface area contributed by atoms with Crippen LogP contribution in [0.25, 0.3) is 0 Å². The number of amides is 2. The molecule has 0 radical (unpaired) electrons. The molecule has 7 nitrogen and oxygen atoms in total. The molecular formula is C19H20N2O5. The van der Waals surface area contributed by atoms with E-state index in [1.165, 1.54) is 11.2 Å². The molecule has 136 valence electrons. The highest BCUT2D eigenvalue weighted by molar-refractivity contribution is 6.00. The van der Waals surface area contributed by atoms with E-state index in [1.807, 2.05) is 0 Å². The van der Waals surface area contributed by atoms with Crippen molar-refractivity contribution in [3.8, 4) is 0 Å². The van der Waals surface area contributed by atoms with Gasteiger partial charge in [0.15, 0.2) is 5.76 Å². The van der Waals surface area contributed by atoms with Gasteiger partial charge in [0.25, 0.3) is 5.91 Å². The quantitative estimate of drug-likeness (QED) is 0.832. The van der Waals surface area contributed by atoms with Crippen LogP contribution in [-0.4, -0.2) is 41.9 Å². The Morgan fingerprint density at radius 1 is 1.23 bits per heavy atom. The van der Waals surface area contributed by atoms with Crippen LogP contribution < -0.4 is 5.32 Å². The van der Waals surface area contributed by atoms with Crippen LogP contribution in [0.5, 0.6) is 0 Å². The maximum Gasteiger partial charge on any atom is 0.338 e. The first-order valence-electron chi connectivity index (χ1n) is 8.52. The van der Waals surface area contributed by atoms with Crippen LogP contribution in [0.1, 0.15) is 40.7 Å². The number of nitrogens with zero attached hydrogens (tertiary/aromatic N) is 1. The summed E-state index contributed by atoms with van der Waals surface area (Å²) in [6.07, 6.45) is 2.79. The fraction of sp³-hybridized carbons (Fsp3) is 0.316. The van der Waals surface area contributed by atoms with Crippen molar-refractivity contribution in [2.45, 2.75) is 25.8 Å². The second-order valence-electron chi connectivity index (χ2n) is 5.92. The highest BCUT2D eigenvalue weighted by atomic mass is 16.5. The average Bonchev–Trinajstić information content (AvgIpc) is 3.34. The van der Waals surface area contributed by atoms with E-state index in [9.17, 15) is 14.4 Å². The van der Waals surface area contributed by atoms with E-state index in [4.69, 9.17) is 9.15 Å². The predicted octanol–water partition coefficient (Wildman–Crippen LogP) is 2.70. The Morgan fingerprint density at radius 3 is 2.65 bits per heavy atom. The van der Waals surface area contributed by atoms with E-state index >= 15 is 0 Å². The molecule has 1 unspecified atom stereocenters. The summed E-state index contributed by atoms with van der Waals surface area (Å²) in [6, 6.07) is 9.14. The van der Waals surface area contributed by atoms with Gasteiger partial charge >= 0.3 is 5.97 Å². The minimum Gasteiger partial charge on any atom is -0.462 e. The summed E-state index contributed by atoms with van der Waals surface area (Å²) in [5, 5.41) is 2.80. The van der Waals surface area contributed by atoms with E-state index in [0.29, 0.717) is 30.8 Å². The lowest BCUT2D eigenvalue weighted by Crippen LogP contribution is -2.43. The van der Waals surface area contributed by atoms with E-state index < -0.39 is 12.0 Å². The number of carbonyl (C=O) groups is 3. The summed E-state index contributed by atoms with van der Waals surface area (Å²) in [7, 11) is 0. The lowest BCUT2D eigenvalue weighted by molar-refractivity contribution is -0.119. The number of carbonyl (C=O) groups excluding carboxylic acids is 3. The molecule has 1 aliphatic rings. The number of hydrogen-bond acceptors (Lipinski definition) is 5. The minimum absolute atomic E-state index is 0.225. The molecule has 1 saturated heterocycles. The number of esters is 1. The molecule has 0 bridgehead atoms. The van der Waals surface area contributed by atoms with Crippen LogP contribution in [0.2, 0.25) is 0 Å². The Hall–Kier alpha value is -3.09. The lowest BCUT2D eigenvalue weighted by Gasteiger charge is -2.23. The molecule has 2 amide bonds. The number of ether oxygens (including phenoxy) is 1. The molecule has 7 heteroatoms. The monoisotopic (exact) mass is 356 g/mol. The molecular weight excluding hydrogens is 336 g/mol. The summed E-state index contributed by atoms with van der Waals surface area (Å²) in [5.41, 5.74) is 0.973. The van der Waals surface area contributed by atoms with Crippen LogP contribution in [0.4, 0.5) is 5.69 Å². The Balaban J connectivity index is 1.65. The van der Waals surface area contributed by atoms with Crippen molar-refractivity contribution in [3.05, 3.63) is 54.0 Å². The highest BCUT2D eigenvalue weighted by Gasteiger charge is 2.35. The van der Waals surface area contributed by atoms with Crippen molar-refractivity contribution >= 4 is 23.5 Å². The third kappa shape index (κ3) is 3.77. The van der Waals surface area contributed by atoms with E-state index in [1.54, 1.807) is 43.3 Å². The van der Waals surface area contributed by atoms with Gasteiger partial charge in [-0.05, 0) is 56.2 Å². The molecule has 1 N–H and O–H groups in total. The first-order valence-corrected chi connectivity index (χ1v) is 8.52. The number of benzene rings is 1. The van der Waals surface area contributed by atoms with E-state index in [-0.39, 0.29) is 17.6 Å². The van der Waals surface area contributed by atoms with Gasteiger partial charge in [-0.3, -0.25) is 9.59 Å². The van der Waals surface area contributed by atoms with Gasteiger partial charge in [-0.15, -0.1) is 0 Å².